The summed E-state index contributed by atoms with van der Waals surface area (Å²) >= 11 is 0. The van der Waals surface area contributed by atoms with Gasteiger partial charge in [0.25, 0.3) is 0 Å². The van der Waals surface area contributed by atoms with E-state index in [9.17, 15) is 0 Å². The molecule has 0 saturated carbocycles. The number of nitrogens with zero attached hydrogens (tertiary/aromatic N) is 8. The summed E-state index contributed by atoms with van der Waals surface area (Å²) in [6.45, 7) is 4.66. The highest BCUT2D eigenvalue weighted by atomic mass is 15.4. The summed E-state index contributed by atoms with van der Waals surface area (Å²) in [7, 11) is 0. The first kappa shape index (κ1) is 41.3. The van der Waals surface area contributed by atoms with Crippen LogP contribution in [0.5, 0.6) is 0 Å². The summed E-state index contributed by atoms with van der Waals surface area (Å²) < 4.78 is 0. The molecule has 2 aromatic heterocycles. The Hall–Kier alpha value is -9.14. The van der Waals surface area contributed by atoms with Gasteiger partial charge in [0, 0.05) is 49.8 Å². The molecule has 0 unspecified atom stereocenters. The van der Waals surface area contributed by atoms with Gasteiger partial charge in [-0.05, 0) is 58.7 Å². The molecule has 9 aromatic carbocycles. The molecule has 11 aromatic rings. The van der Waals surface area contributed by atoms with E-state index in [2.05, 4.69) is 128 Å². The Kier molecular flexibility index (Phi) is 10.3. The van der Waals surface area contributed by atoms with Gasteiger partial charge in [0.2, 0.25) is 11.9 Å². The summed E-state index contributed by atoms with van der Waals surface area (Å²) in [5.41, 5.74) is 12.3. The van der Waals surface area contributed by atoms with Gasteiger partial charge in [-0.2, -0.15) is 19.9 Å². The molecule has 1 aliphatic carbocycles. The highest BCUT2D eigenvalue weighted by Gasteiger charge is 2.36. The minimum atomic E-state index is -0.180. The fourth-order valence-electron chi connectivity index (χ4n) is 9.59. The molecular weight excluding hydrogens is 845 g/mol. The van der Waals surface area contributed by atoms with Gasteiger partial charge in [0.15, 0.2) is 23.3 Å². The van der Waals surface area contributed by atoms with E-state index in [0.29, 0.717) is 35.2 Å². The van der Waals surface area contributed by atoms with Crippen molar-refractivity contribution in [2.75, 3.05) is 9.80 Å². The second kappa shape index (κ2) is 17.3. The normalized spacial score (nSPS) is 12.3. The minimum absolute atomic E-state index is 0.180. The van der Waals surface area contributed by atoms with Gasteiger partial charge in [0.1, 0.15) is 0 Å². The first-order valence-electron chi connectivity index (χ1n) is 23.1. The summed E-state index contributed by atoms with van der Waals surface area (Å²) in [4.78, 5) is 35.7. The summed E-state index contributed by atoms with van der Waals surface area (Å²) in [6.07, 6.45) is 0. The third kappa shape index (κ3) is 7.54. The van der Waals surface area contributed by atoms with E-state index >= 15 is 0 Å². The van der Waals surface area contributed by atoms with Crippen LogP contribution in [0.15, 0.2) is 231 Å². The van der Waals surface area contributed by atoms with Gasteiger partial charge in [-0.3, -0.25) is 0 Å². The van der Waals surface area contributed by atoms with Crippen LogP contribution in [0.2, 0.25) is 0 Å². The maximum atomic E-state index is 5.30. The highest BCUT2D eigenvalue weighted by molar-refractivity contribution is 6.07. The fraction of sp³-hybridized carbons (Fsp3) is 0.0492. The first-order valence-corrected chi connectivity index (χ1v) is 23.1. The predicted octanol–water partition coefficient (Wildman–Crippen LogP) is 15.1. The maximum absolute atomic E-state index is 5.30. The fourth-order valence-corrected chi connectivity index (χ4v) is 9.59. The largest absolute Gasteiger partial charge is 0.310 e. The van der Waals surface area contributed by atoms with E-state index in [1.54, 1.807) is 0 Å². The zero-order valence-electron chi connectivity index (χ0n) is 38.0. The number of fused-ring (bicyclic) bond motifs is 4. The van der Waals surface area contributed by atoms with Crippen molar-refractivity contribution >= 4 is 45.4 Å². The van der Waals surface area contributed by atoms with Crippen LogP contribution in [0, 0.1) is 0 Å². The molecular formula is C61H44N8. The third-order valence-electron chi connectivity index (χ3n) is 13.0. The van der Waals surface area contributed by atoms with E-state index in [1.807, 2.05) is 126 Å². The van der Waals surface area contributed by atoms with Crippen molar-refractivity contribution in [2.45, 2.75) is 19.3 Å². The Morgan fingerprint density at radius 1 is 0.304 bits per heavy atom. The Morgan fingerprint density at radius 2 is 0.681 bits per heavy atom. The molecule has 0 radical (unpaired) electrons. The van der Waals surface area contributed by atoms with Crippen LogP contribution in [-0.4, -0.2) is 29.9 Å². The summed E-state index contributed by atoms with van der Waals surface area (Å²) in [5, 5.41) is 1.95. The van der Waals surface area contributed by atoms with E-state index in [4.69, 9.17) is 29.9 Å². The van der Waals surface area contributed by atoms with Crippen LogP contribution in [0.25, 0.3) is 67.5 Å². The molecule has 2 heterocycles. The van der Waals surface area contributed by atoms with E-state index in [0.717, 1.165) is 55.8 Å². The molecule has 0 aliphatic heterocycles. The lowest BCUT2D eigenvalue weighted by atomic mass is 9.82. The molecule has 8 nitrogen and oxygen atoms in total. The molecule has 69 heavy (non-hydrogen) atoms. The molecule has 0 N–H and O–H groups in total. The number of para-hydroxylation sites is 1. The molecule has 0 saturated heterocycles. The van der Waals surface area contributed by atoms with Crippen LogP contribution < -0.4 is 9.80 Å². The van der Waals surface area contributed by atoms with Gasteiger partial charge in [0.05, 0.1) is 11.4 Å². The van der Waals surface area contributed by atoms with Gasteiger partial charge in [-0.1, -0.05) is 208 Å². The van der Waals surface area contributed by atoms with Gasteiger partial charge in [-0.25, -0.2) is 14.9 Å². The molecule has 328 valence electrons. The number of aromatic nitrogens is 6. The zero-order chi connectivity index (χ0) is 46.3. The highest BCUT2D eigenvalue weighted by Crippen LogP contribution is 2.51. The van der Waals surface area contributed by atoms with Crippen LogP contribution in [0.4, 0.5) is 34.6 Å². The Labute approximate surface area is 401 Å². The average molecular weight is 889 g/mol. The lowest BCUT2D eigenvalue weighted by Crippen LogP contribution is -2.20. The van der Waals surface area contributed by atoms with Gasteiger partial charge < -0.3 is 4.90 Å². The molecule has 8 heteroatoms. The lowest BCUT2D eigenvalue weighted by Gasteiger charge is -2.30. The number of rotatable bonds is 10. The standard InChI is InChI=1S/C61H44N8/c1-61(2)51-35-21-20-32-47(51)48-37-36-46(40-52(48)61)68(45-30-16-7-17-31-45)53-38-39-54(50-34-19-18-33-49(50)53)69(59-64-55(41-22-8-3-9-23-41)62-56(65-59)42-24-10-4-11-25-42)60-66-57(43-26-12-5-13-27-43)63-58(67-60)44-28-14-6-15-29-44/h3-40H,1-2H3. The van der Waals surface area contributed by atoms with Crippen LogP contribution in [0.1, 0.15) is 25.0 Å². The topological polar surface area (TPSA) is 83.8 Å². The molecule has 0 bridgehead atoms. The molecule has 12 rings (SSSR count). The SMILES string of the molecule is CC1(C)c2ccccc2-c2ccc(N(c3ccccc3)c3ccc(N(c4nc(-c5ccccc5)nc(-c5ccccc5)n4)c4nc(-c5ccccc5)nc(-c5ccccc5)n4)c4ccccc34)cc21. The van der Waals surface area contributed by atoms with Crippen molar-refractivity contribution in [1.82, 2.24) is 29.9 Å². The first-order chi connectivity index (χ1) is 34.0. The molecule has 0 fully saturated rings. The summed E-state index contributed by atoms with van der Waals surface area (Å²) in [5.74, 6) is 2.77. The van der Waals surface area contributed by atoms with Crippen molar-refractivity contribution in [2.24, 2.45) is 0 Å². The van der Waals surface area contributed by atoms with Crippen LogP contribution >= 0.6 is 0 Å². The number of benzene rings is 9. The minimum Gasteiger partial charge on any atom is -0.310 e. The molecule has 0 amide bonds. The van der Waals surface area contributed by atoms with Crippen LogP contribution in [-0.2, 0) is 5.41 Å². The van der Waals surface area contributed by atoms with Gasteiger partial charge in [-0.15, -0.1) is 0 Å². The smallest absolute Gasteiger partial charge is 0.241 e. The Bertz CT molecular complexity index is 3400. The Morgan fingerprint density at radius 3 is 1.14 bits per heavy atom. The van der Waals surface area contributed by atoms with Crippen molar-refractivity contribution < 1.29 is 0 Å². The predicted molar refractivity (Wildman–Crippen MR) is 279 cm³/mol. The molecule has 0 spiro atoms. The maximum Gasteiger partial charge on any atom is 0.241 e. The van der Waals surface area contributed by atoms with Crippen LogP contribution in [0.3, 0.4) is 0 Å². The lowest BCUT2D eigenvalue weighted by molar-refractivity contribution is 0.660. The zero-order valence-corrected chi connectivity index (χ0v) is 38.0. The Balaban J connectivity index is 1.12. The molecule has 1 aliphatic rings. The third-order valence-corrected chi connectivity index (χ3v) is 13.0. The van der Waals surface area contributed by atoms with Crippen molar-refractivity contribution in [3.05, 3.63) is 242 Å². The van der Waals surface area contributed by atoms with Crippen molar-refractivity contribution in [1.29, 1.82) is 0 Å². The number of anilines is 6. The molecule has 0 atom stereocenters. The van der Waals surface area contributed by atoms with Crippen molar-refractivity contribution in [3.8, 4) is 56.7 Å². The monoisotopic (exact) mass is 888 g/mol. The van der Waals surface area contributed by atoms with Crippen molar-refractivity contribution in [3.63, 3.8) is 0 Å². The summed E-state index contributed by atoms with van der Waals surface area (Å²) in [6, 6.07) is 79.2. The number of hydrogen-bond donors (Lipinski definition) is 0. The second-order valence-corrected chi connectivity index (χ2v) is 17.6. The van der Waals surface area contributed by atoms with Gasteiger partial charge >= 0.3 is 0 Å². The second-order valence-electron chi connectivity index (χ2n) is 17.6. The quantitative estimate of drug-likeness (QED) is 0.134. The average Bonchev–Trinajstić information content (AvgIpc) is 3.65. The van der Waals surface area contributed by atoms with E-state index in [1.165, 1.54) is 22.3 Å². The van der Waals surface area contributed by atoms with E-state index in [-0.39, 0.29) is 5.41 Å². The number of hydrogen-bond acceptors (Lipinski definition) is 8. The van der Waals surface area contributed by atoms with E-state index < -0.39 is 0 Å².